The third-order valence-electron chi connectivity index (χ3n) is 4.67. The quantitative estimate of drug-likeness (QED) is 0.583. The zero-order valence-electron chi connectivity index (χ0n) is 15.8. The molecule has 0 aliphatic heterocycles. The highest BCUT2D eigenvalue weighted by molar-refractivity contribution is 5.47. The number of hydrogen-bond acceptors (Lipinski definition) is 2. The topological polar surface area (TPSA) is 15.3 Å². The molecule has 0 bridgehead atoms. The predicted molar refractivity (Wildman–Crippen MR) is 107 cm³/mol. The third kappa shape index (κ3) is 4.73. The number of benzene rings is 3. The maximum absolute atomic E-state index is 14.0. The van der Waals surface area contributed by atoms with Gasteiger partial charge in [-0.05, 0) is 28.8 Å². The predicted octanol–water partition coefficient (Wildman–Crippen LogP) is 5.74. The fourth-order valence-corrected chi connectivity index (χ4v) is 3.19. The van der Waals surface area contributed by atoms with E-state index in [9.17, 15) is 13.2 Å². The van der Waals surface area contributed by atoms with E-state index in [1.807, 2.05) is 79.7 Å². The van der Waals surface area contributed by atoms with Gasteiger partial charge in [0.25, 0.3) is 0 Å². The molecule has 1 unspecified atom stereocenters. The molecule has 0 spiro atoms. The van der Waals surface area contributed by atoms with E-state index in [0.29, 0.717) is 0 Å². The van der Waals surface area contributed by atoms with E-state index >= 15 is 0 Å². The van der Waals surface area contributed by atoms with E-state index < -0.39 is 18.3 Å². The van der Waals surface area contributed by atoms with Gasteiger partial charge in [0.05, 0.1) is 6.04 Å². The van der Waals surface area contributed by atoms with Crippen LogP contribution >= 0.6 is 0 Å². The molecule has 0 aromatic heterocycles. The second-order valence-corrected chi connectivity index (χ2v) is 6.88. The summed E-state index contributed by atoms with van der Waals surface area (Å²) >= 11 is 0. The number of nitrogens with zero attached hydrogens (tertiary/aromatic N) is 1. The monoisotopic (exact) mass is 384 g/mol. The molecule has 0 aliphatic rings. The van der Waals surface area contributed by atoms with Crippen molar-refractivity contribution >= 4 is 5.69 Å². The molecule has 0 amide bonds. The molecular weight excluding hydrogens is 361 g/mol. The number of rotatable bonds is 6. The SMILES string of the molecule is CN(C)c1ccc(C(NC(c2ccccc2)c2ccccc2)C(F)(F)F)cc1. The van der Waals surface area contributed by atoms with Crippen molar-refractivity contribution in [2.75, 3.05) is 19.0 Å². The lowest BCUT2D eigenvalue weighted by Crippen LogP contribution is -2.37. The van der Waals surface area contributed by atoms with Crippen LogP contribution in [0.3, 0.4) is 0 Å². The van der Waals surface area contributed by atoms with Crippen molar-refractivity contribution in [2.24, 2.45) is 0 Å². The lowest BCUT2D eigenvalue weighted by molar-refractivity contribution is -0.159. The summed E-state index contributed by atoms with van der Waals surface area (Å²) in [6, 6.07) is 22.5. The average molecular weight is 384 g/mol. The van der Waals surface area contributed by atoms with Gasteiger partial charge in [-0.25, -0.2) is 0 Å². The number of alkyl halides is 3. The van der Waals surface area contributed by atoms with Gasteiger partial charge in [-0.1, -0.05) is 72.8 Å². The van der Waals surface area contributed by atoms with Crippen molar-refractivity contribution in [1.82, 2.24) is 5.32 Å². The molecule has 3 rings (SSSR count). The highest BCUT2D eigenvalue weighted by atomic mass is 19.4. The van der Waals surface area contributed by atoms with E-state index in [4.69, 9.17) is 0 Å². The van der Waals surface area contributed by atoms with Gasteiger partial charge in [-0.3, -0.25) is 5.32 Å². The van der Waals surface area contributed by atoms with E-state index in [1.165, 1.54) is 12.1 Å². The smallest absolute Gasteiger partial charge is 0.378 e. The summed E-state index contributed by atoms with van der Waals surface area (Å²) in [6.45, 7) is 0. The summed E-state index contributed by atoms with van der Waals surface area (Å²) in [5, 5.41) is 2.85. The number of nitrogens with one attached hydrogen (secondary N) is 1. The molecule has 0 saturated heterocycles. The van der Waals surface area contributed by atoms with E-state index in [2.05, 4.69) is 5.32 Å². The van der Waals surface area contributed by atoms with E-state index in [-0.39, 0.29) is 5.56 Å². The summed E-state index contributed by atoms with van der Waals surface area (Å²) in [4.78, 5) is 1.86. The molecule has 0 radical (unpaired) electrons. The minimum absolute atomic E-state index is 0.190. The van der Waals surface area contributed by atoms with Crippen molar-refractivity contribution < 1.29 is 13.2 Å². The second-order valence-electron chi connectivity index (χ2n) is 6.88. The molecule has 3 aromatic carbocycles. The molecule has 1 atom stereocenters. The number of anilines is 1. The van der Waals surface area contributed by atoms with Crippen molar-refractivity contribution in [3.8, 4) is 0 Å². The lowest BCUT2D eigenvalue weighted by atomic mass is 9.96. The van der Waals surface area contributed by atoms with Crippen LogP contribution in [-0.4, -0.2) is 20.3 Å². The van der Waals surface area contributed by atoms with Gasteiger partial charge in [0.2, 0.25) is 0 Å². The van der Waals surface area contributed by atoms with Crippen molar-refractivity contribution in [1.29, 1.82) is 0 Å². The standard InChI is InChI=1S/C23H23F3N2/c1-28(2)20-15-13-19(14-16-20)22(23(24,25)26)27-21(17-9-5-3-6-10-17)18-11-7-4-8-12-18/h3-16,21-22,27H,1-2H3. The van der Waals surface area contributed by atoms with Gasteiger partial charge in [0.1, 0.15) is 6.04 Å². The first kappa shape index (κ1) is 20.0. The molecule has 1 N–H and O–H groups in total. The second kappa shape index (κ2) is 8.48. The highest BCUT2D eigenvalue weighted by Crippen LogP contribution is 2.37. The lowest BCUT2D eigenvalue weighted by Gasteiger charge is -2.29. The normalized spacial score (nSPS) is 12.8. The maximum atomic E-state index is 14.0. The Balaban J connectivity index is 1.99. The maximum Gasteiger partial charge on any atom is 0.407 e. The van der Waals surface area contributed by atoms with Gasteiger partial charge in [-0.2, -0.15) is 13.2 Å². The van der Waals surface area contributed by atoms with Crippen LogP contribution in [0.25, 0.3) is 0 Å². The molecule has 0 heterocycles. The highest BCUT2D eigenvalue weighted by Gasteiger charge is 2.42. The molecule has 0 saturated carbocycles. The summed E-state index contributed by atoms with van der Waals surface area (Å²) in [6.07, 6.45) is -4.43. The molecule has 28 heavy (non-hydrogen) atoms. The average Bonchev–Trinajstić information content (AvgIpc) is 2.69. The van der Waals surface area contributed by atoms with Crippen LogP contribution in [0.2, 0.25) is 0 Å². The Bertz CT molecular complexity index is 820. The first-order valence-corrected chi connectivity index (χ1v) is 9.06. The van der Waals surface area contributed by atoms with Gasteiger partial charge in [0.15, 0.2) is 0 Å². The Morgan fingerprint density at radius 3 is 1.54 bits per heavy atom. The Kier molecular flexibility index (Phi) is 6.05. The minimum Gasteiger partial charge on any atom is -0.378 e. The van der Waals surface area contributed by atoms with Crippen LogP contribution in [0.4, 0.5) is 18.9 Å². The summed E-state index contributed by atoms with van der Waals surface area (Å²) in [5.74, 6) is 0. The zero-order chi connectivity index (χ0) is 20.1. The molecule has 3 aromatic rings. The van der Waals surface area contributed by atoms with E-state index in [0.717, 1.165) is 16.8 Å². The van der Waals surface area contributed by atoms with Crippen molar-refractivity contribution in [3.63, 3.8) is 0 Å². The van der Waals surface area contributed by atoms with Crippen LogP contribution in [0, 0.1) is 0 Å². The van der Waals surface area contributed by atoms with E-state index in [1.54, 1.807) is 12.1 Å². The van der Waals surface area contributed by atoms with Gasteiger partial charge in [-0.15, -0.1) is 0 Å². The van der Waals surface area contributed by atoms with Gasteiger partial charge >= 0.3 is 6.18 Å². The fraction of sp³-hybridized carbons (Fsp3) is 0.217. The first-order valence-electron chi connectivity index (χ1n) is 9.06. The molecule has 5 heteroatoms. The molecule has 0 aliphatic carbocycles. The summed E-state index contributed by atoms with van der Waals surface area (Å²) in [5.41, 5.74) is 2.61. The van der Waals surface area contributed by atoms with Gasteiger partial charge in [0, 0.05) is 19.8 Å². The fourth-order valence-electron chi connectivity index (χ4n) is 3.19. The van der Waals surface area contributed by atoms with Crippen molar-refractivity contribution in [3.05, 3.63) is 102 Å². The number of halogens is 3. The molecular formula is C23H23F3N2. The third-order valence-corrected chi connectivity index (χ3v) is 4.67. The largest absolute Gasteiger partial charge is 0.407 e. The summed E-state index contributed by atoms with van der Waals surface area (Å²) < 4.78 is 42.0. The summed E-state index contributed by atoms with van der Waals surface area (Å²) in [7, 11) is 3.71. The van der Waals surface area contributed by atoms with Gasteiger partial charge < -0.3 is 4.90 Å². The molecule has 146 valence electrons. The Labute approximate surface area is 163 Å². The van der Waals surface area contributed by atoms with Crippen LogP contribution in [-0.2, 0) is 0 Å². The molecule has 0 fully saturated rings. The van der Waals surface area contributed by atoms with Crippen LogP contribution in [0.1, 0.15) is 28.8 Å². The zero-order valence-corrected chi connectivity index (χ0v) is 15.8. The Hall–Kier alpha value is -2.79. The minimum atomic E-state index is -4.43. The Morgan fingerprint density at radius 1 is 0.679 bits per heavy atom. The van der Waals surface area contributed by atoms with Crippen LogP contribution < -0.4 is 10.2 Å². The molecule has 2 nitrogen and oxygen atoms in total. The van der Waals surface area contributed by atoms with Crippen LogP contribution in [0.5, 0.6) is 0 Å². The van der Waals surface area contributed by atoms with Crippen LogP contribution in [0.15, 0.2) is 84.9 Å². The Morgan fingerprint density at radius 2 is 1.14 bits per heavy atom. The first-order chi connectivity index (χ1) is 13.4. The number of hydrogen-bond donors (Lipinski definition) is 1. The van der Waals surface area contributed by atoms with Crippen molar-refractivity contribution in [2.45, 2.75) is 18.3 Å².